The molecule has 0 radical (unpaired) electrons. The number of rotatable bonds is 10. The Balaban J connectivity index is 0.000000900. The van der Waals surface area contributed by atoms with Crippen molar-refractivity contribution in [3.63, 3.8) is 0 Å². The van der Waals surface area contributed by atoms with Crippen LogP contribution in [0.25, 0.3) is 21.9 Å². The molecule has 2 aromatic heterocycles. The molecule has 16 nitrogen and oxygen atoms in total. The molecule has 3 aromatic carbocycles. The maximum Gasteiger partial charge on any atom is 0.490 e. The molecular weight excluding hydrogens is 957 g/mol. The smallest absolute Gasteiger partial charge is 0.490 e. The second-order valence-electron chi connectivity index (χ2n) is 18.8. The molecule has 3 aliphatic heterocycles. The first-order valence-corrected chi connectivity index (χ1v) is 22.8. The highest BCUT2D eigenvalue weighted by atomic mass is 19.4. The zero-order valence-electron chi connectivity index (χ0n) is 38.0. The monoisotopic (exact) mass is 1000 g/mol. The summed E-state index contributed by atoms with van der Waals surface area (Å²) in [4.78, 5) is 76.3. The molecule has 24 heteroatoms. The van der Waals surface area contributed by atoms with E-state index in [4.69, 9.17) is 15.0 Å². The Hall–Kier alpha value is -6.85. The van der Waals surface area contributed by atoms with Crippen LogP contribution in [-0.4, -0.2) is 108 Å². The zero-order chi connectivity index (χ0) is 51.3. The van der Waals surface area contributed by atoms with Gasteiger partial charge in [0.25, 0.3) is 11.8 Å². The number of hydrogen-bond donors (Lipinski definition) is 4. The molecule has 1 unspecified atom stereocenters. The van der Waals surface area contributed by atoms with Crippen LogP contribution >= 0.6 is 0 Å². The number of carboxylic acid groups (broad SMARTS) is 1. The number of piperidine rings is 2. The first-order chi connectivity index (χ1) is 33.4. The average molecular weight is 1000 g/mol. The quantitative estimate of drug-likeness (QED) is 0.0701. The summed E-state index contributed by atoms with van der Waals surface area (Å²) in [5.74, 6) is -14.4. The molecule has 380 valence electrons. The minimum atomic E-state index is -5.08. The van der Waals surface area contributed by atoms with Crippen molar-refractivity contribution in [3.05, 3.63) is 87.7 Å². The Labute approximate surface area is 398 Å². The maximum atomic E-state index is 15.5. The lowest BCUT2D eigenvalue weighted by Crippen LogP contribution is -2.55. The molecule has 9 rings (SSSR count). The number of hydrogen-bond acceptors (Lipinski definition) is 9. The van der Waals surface area contributed by atoms with E-state index < -0.39 is 83.1 Å². The largest absolute Gasteiger partial charge is 0.503 e. The number of amides is 4. The van der Waals surface area contributed by atoms with Crippen molar-refractivity contribution in [1.82, 2.24) is 34.4 Å². The summed E-state index contributed by atoms with van der Waals surface area (Å²) in [5, 5.41) is 26.9. The lowest BCUT2D eigenvalue weighted by molar-refractivity contribution is -0.192. The van der Waals surface area contributed by atoms with Gasteiger partial charge < -0.3 is 20.4 Å². The molecule has 1 saturated carbocycles. The van der Waals surface area contributed by atoms with Crippen LogP contribution in [0.3, 0.4) is 0 Å². The maximum absolute atomic E-state index is 15.5. The standard InChI is InChI=1S/C45H47F5N8O6.C2HF3O2/c1-54-35-17-25(6-11-33(35)58(43(54)64)34-12-13-36(59)52-41(34)62)3-2-15-55-23-44(22-45(49,50)24-55)14-16-56(42(44)63)29-10-7-27-21-57(53-32(27)18-29)28-8-4-26(5-9-28)20-51-40(61)30-19-31(46)39(60)38(48)37(30)47;3-2(4,5)1(6)7/h6-7,10-11,17-19,21,26,28,34,60H,2-5,8-9,12-16,20,22-24H2,1H3,(H,51,61)(H,52,59,62);(H,6,7)/t26?,28?,34-,44?;/m1./s1. The number of aliphatic carboxylic acids is 1. The summed E-state index contributed by atoms with van der Waals surface area (Å²) < 4.78 is 109. The predicted molar refractivity (Wildman–Crippen MR) is 237 cm³/mol. The third kappa shape index (κ3) is 10.3. The third-order valence-electron chi connectivity index (χ3n) is 13.9. The van der Waals surface area contributed by atoms with Crippen LogP contribution in [0, 0.1) is 28.8 Å². The molecule has 0 bridgehead atoms. The number of alkyl halides is 5. The SMILES string of the molecule is Cn1c(=O)n([C@@H]2CCC(=O)NC2=O)c2ccc(CCCN3CC(F)(F)CC4(CCN(c5ccc6cn(C7CCC(CNC(=O)c8cc(F)c(O)c(F)c8F)CC7)nc6c5)C4=O)C3)cc21.O=C(O)C(F)(F)F. The van der Waals surface area contributed by atoms with Crippen molar-refractivity contribution in [2.75, 3.05) is 37.6 Å². The van der Waals surface area contributed by atoms with Gasteiger partial charge in [0.2, 0.25) is 23.5 Å². The van der Waals surface area contributed by atoms with E-state index >= 15 is 8.78 Å². The van der Waals surface area contributed by atoms with Crippen molar-refractivity contribution in [3.8, 4) is 5.75 Å². The van der Waals surface area contributed by atoms with Crippen molar-refractivity contribution < 1.29 is 69.3 Å². The van der Waals surface area contributed by atoms with Gasteiger partial charge in [-0.15, -0.1) is 0 Å². The molecule has 71 heavy (non-hydrogen) atoms. The number of phenols is 1. The summed E-state index contributed by atoms with van der Waals surface area (Å²) in [5.41, 5.74) is 0.856. The van der Waals surface area contributed by atoms with E-state index in [0.717, 1.165) is 10.9 Å². The van der Waals surface area contributed by atoms with E-state index in [0.29, 0.717) is 73.4 Å². The molecule has 4 aliphatic rings. The lowest BCUT2D eigenvalue weighted by atomic mass is 9.77. The number of carboxylic acids is 1. The second kappa shape index (κ2) is 19.4. The van der Waals surface area contributed by atoms with Crippen LogP contribution < -0.4 is 21.2 Å². The number of aryl methyl sites for hydroxylation is 2. The normalized spacial score (nSPS) is 22.7. The van der Waals surface area contributed by atoms with Crippen LogP contribution in [0.5, 0.6) is 5.75 Å². The Bertz CT molecular complexity index is 3000. The highest BCUT2D eigenvalue weighted by Crippen LogP contribution is 2.47. The molecule has 4 N–H and O–H groups in total. The second-order valence-corrected chi connectivity index (χ2v) is 18.8. The number of benzene rings is 3. The number of imidazole rings is 1. The first-order valence-electron chi connectivity index (χ1n) is 22.8. The van der Waals surface area contributed by atoms with E-state index in [1.54, 1.807) is 22.9 Å². The predicted octanol–water partition coefficient (Wildman–Crippen LogP) is 6.28. The van der Waals surface area contributed by atoms with Gasteiger partial charge >= 0.3 is 17.8 Å². The number of carbonyl (C=O) groups excluding carboxylic acids is 4. The summed E-state index contributed by atoms with van der Waals surface area (Å²) in [6.07, 6.45) is 0.825. The molecule has 4 fully saturated rings. The third-order valence-corrected chi connectivity index (χ3v) is 13.9. The summed E-state index contributed by atoms with van der Waals surface area (Å²) in [7, 11) is 1.62. The number of fused-ring (bicyclic) bond motifs is 2. The van der Waals surface area contributed by atoms with Crippen molar-refractivity contribution in [1.29, 1.82) is 0 Å². The molecule has 1 spiro atoms. The van der Waals surface area contributed by atoms with Gasteiger partial charge in [-0.25, -0.2) is 27.2 Å². The number of anilines is 1. The van der Waals surface area contributed by atoms with Crippen LogP contribution in [0.15, 0.2) is 53.5 Å². The van der Waals surface area contributed by atoms with Gasteiger partial charge in [0.1, 0.15) is 6.04 Å². The molecule has 1 aliphatic carbocycles. The molecule has 5 heterocycles. The number of aromatic nitrogens is 4. The van der Waals surface area contributed by atoms with Gasteiger partial charge in [0.15, 0.2) is 17.4 Å². The van der Waals surface area contributed by atoms with Crippen molar-refractivity contribution in [2.45, 2.75) is 88.4 Å². The highest BCUT2D eigenvalue weighted by Gasteiger charge is 2.57. The Morgan fingerprint density at radius 1 is 0.930 bits per heavy atom. The average Bonchev–Trinajstić information content (AvgIpc) is 3.95. The van der Waals surface area contributed by atoms with Gasteiger partial charge in [0.05, 0.1) is 40.1 Å². The van der Waals surface area contributed by atoms with E-state index in [2.05, 4.69) is 10.6 Å². The number of imide groups is 1. The fraction of sp³-hybridized carbons (Fsp3) is 0.468. The Morgan fingerprint density at radius 3 is 2.34 bits per heavy atom. The van der Waals surface area contributed by atoms with Gasteiger partial charge in [-0.2, -0.15) is 22.7 Å². The first kappa shape index (κ1) is 50.5. The van der Waals surface area contributed by atoms with Gasteiger partial charge in [-0.3, -0.25) is 43.2 Å². The van der Waals surface area contributed by atoms with Crippen molar-refractivity contribution in [2.24, 2.45) is 18.4 Å². The van der Waals surface area contributed by atoms with Gasteiger partial charge in [0, 0.05) is 56.8 Å². The van der Waals surface area contributed by atoms with Crippen LogP contribution in [0.2, 0.25) is 0 Å². The van der Waals surface area contributed by atoms with Crippen LogP contribution in [-0.2, 0) is 32.6 Å². The molecule has 2 atom stereocenters. The highest BCUT2D eigenvalue weighted by molar-refractivity contribution is 6.02. The number of nitrogens with zero attached hydrogens (tertiary/aromatic N) is 6. The number of halogens is 8. The number of likely N-dealkylation sites (tertiary alicyclic amines) is 1. The zero-order valence-corrected chi connectivity index (χ0v) is 38.0. The number of carbonyl (C=O) groups is 5. The molecule has 3 saturated heterocycles. The fourth-order valence-electron chi connectivity index (χ4n) is 10.3. The minimum Gasteiger partial charge on any atom is -0.503 e. The lowest BCUT2D eigenvalue weighted by Gasteiger charge is -2.43. The van der Waals surface area contributed by atoms with E-state index in [-0.39, 0.29) is 68.4 Å². The van der Waals surface area contributed by atoms with Crippen LogP contribution in [0.4, 0.5) is 40.8 Å². The van der Waals surface area contributed by atoms with Gasteiger partial charge in [-0.1, -0.05) is 6.07 Å². The number of nitrogens with one attached hydrogen (secondary N) is 2. The number of phenolic OH excluding ortho intramolecular Hbond substituents is 1. The topological polar surface area (TPSA) is 201 Å². The van der Waals surface area contributed by atoms with E-state index in [1.165, 1.54) is 9.13 Å². The van der Waals surface area contributed by atoms with Crippen molar-refractivity contribution >= 4 is 57.2 Å². The number of aromatic hydroxyl groups is 1. The molecular formula is C47H48F8N8O8. The summed E-state index contributed by atoms with van der Waals surface area (Å²) >= 11 is 0. The molecule has 4 amide bonds. The summed E-state index contributed by atoms with van der Waals surface area (Å²) in [6.45, 7) is 0.541. The van der Waals surface area contributed by atoms with E-state index in [1.807, 2.05) is 41.2 Å². The Morgan fingerprint density at radius 2 is 1.65 bits per heavy atom. The van der Waals surface area contributed by atoms with E-state index in [9.17, 15) is 55.4 Å². The van der Waals surface area contributed by atoms with Gasteiger partial charge in [-0.05, 0) is 106 Å². The summed E-state index contributed by atoms with van der Waals surface area (Å²) in [6, 6.07) is 10.7. The minimum absolute atomic E-state index is 0.0323. The fourth-order valence-corrected chi connectivity index (χ4v) is 10.3. The molecule has 5 aromatic rings. The van der Waals surface area contributed by atoms with Crippen LogP contribution in [0.1, 0.15) is 85.8 Å². The Kier molecular flexibility index (Phi) is 13.8.